The lowest BCUT2D eigenvalue weighted by atomic mass is 10.2. The number of hydrogen-bond acceptors (Lipinski definition) is 3. The van der Waals surface area contributed by atoms with Gasteiger partial charge in [0.05, 0.1) is 12.1 Å². The van der Waals surface area contributed by atoms with Gasteiger partial charge in [-0.05, 0) is 13.8 Å². The number of hydrogen-bond donors (Lipinski definition) is 3. The van der Waals surface area contributed by atoms with Crippen LogP contribution in [-0.4, -0.2) is 44.4 Å². The topological polar surface area (TPSA) is 62.4 Å². The minimum absolute atomic E-state index is 0. The second-order valence-electron chi connectivity index (χ2n) is 3.81. The molecule has 2 unspecified atom stereocenters. The van der Waals surface area contributed by atoms with Crippen LogP contribution in [0.25, 0.3) is 0 Å². The molecule has 0 aromatic rings. The third-order valence-electron chi connectivity index (χ3n) is 2.20. The number of urea groups is 1. The molecule has 0 radical (unpaired) electrons. The van der Waals surface area contributed by atoms with Crippen molar-refractivity contribution in [1.82, 2.24) is 16.0 Å². The Kier molecular flexibility index (Phi) is 6.63. The van der Waals surface area contributed by atoms with Gasteiger partial charge in [0.1, 0.15) is 0 Å². The summed E-state index contributed by atoms with van der Waals surface area (Å²) in [5.41, 5.74) is 0. The summed E-state index contributed by atoms with van der Waals surface area (Å²) in [6, 6.07) is 0.0971. The molecule has 6 heteroatoms. The Morgan fingerprint density at radius 2 is 2.13 bits per heavy atom. The van der Waals surface area contributed by atoms with Crippen molar-refractivity contribution in [2.45, 2.75) is 32.0 Å². The van der Waals surface area contributed by atoms with Crippen molar-refractivity contribution in [3.63, 3.8) is 0 Å². The Morgan fingerprint density at radius 1 is 1.47 bits per heavy atom. The molecule has 1 heterocycles. The first kappa shape index (κ1) is 14.5. The molecule has 0 aliphatic carbocycles. The van der Waals surface area contributed by atoms with Gasteiger partial charge in [-0.2, -0.15) is 0 Å². The first-order chi connectivity index (χ1) is 6.63. The van der Waals surface area contributed by atoms with Crippen LogP contribution < -0.4 is 16.0 Å². The van der Waals surface area contributed by atoms with Crippen molar-refractivity contribution in [2.75, 3.05) is 20.2 Å². The summed E-state index contributed by atoms with van der Waals surface area (Å²) in [5, 5.41) is 8.82. The number of rotatable bonds is 3. The normalized spacial score (nSPS) is 24.8. The van der Waals surface area contributed by atoms with Crippen LogP contribution in [0.3, 0.4) is 0 Å². The predicted octanol–water partition coefficient (Wildman–Crippen LogP) is 0.103. The van der Waals surface area contributed by atoms with Crippen molar-refractivity contribution in [1.29, 1.82) is 0 Å². The number of nitrogens with one attached hydrogen (secondary N) is 3. The Labute approximate surface area is 96.7 Å². The highest BCUT2D eigenvalue weighted by Gasteiger charge is 2.27. The van der Waals surface area contributed by atoms with E-state index in [0.29, 0.717) is 0 Å². The van der Waals surface area contributed by atoms with Gasteiger partial charge in [0, 0.05) is 26.2 Å². The van der Waals surface area contributed by atoms with Crippen molar-refractivity contribution in [3.05, 3.63) is 0 Å². The summed E-state index contributed by atoms with van der Waals surface area (Å²) < 4.78 is 5.22. The van der Waals surface area contributed by atoms with E-state index in [1.54, 1.807) is 7.11 Å². The summed E-state index contributed by atoms with van der Waals surface area (Å²) in [6.45, 7) is 5.42. The highest BCUT2D eigenvalue weighted by atomic mass is 35.5. The average molecular weight is 238 g/mol. The van der Waals surface area contributed by atoms with Gasteiger partial charge in [0.25, 0.3) is 0 Å². The molecule has 1 saturated heterocycles. The smallest absolute Gasteiger partial charge is 0.315 e. The molecular formula is C9H20ClN3O2. The van der Waals surface area contributed by atoms with Crippen molar-refractivity contribution >= 4 is 18.4 Å². The molecule has 1 rings (SSSR count). The van der Waals surface area contributed by atoms with Gasteiger partial charge >= 0.3 is 6.03 Å². The molecule has 0 aromatic carbocycles. The van der Waals surface area contributed by atoms with Crippen LogP contribution >= 0.6 is 12.4 Å². The molecule has 15 heavy (non-hydrogen) atoms. The molecule has 0 aromatic heterocycles. The Morgan fingerprint density at radius 3 is 2.67 bits per heavy atom. The van der Waals surface area contributed by atoms with Gasteiger partial charge in [-0.15, -0.1) is 12.4 Å². The largest absolute Gasteiger partial charge is 0.378 e. The standard InChI is InChI=1S/C9H19N3O2.ClH/c1-6(2)11-9(13)12-7-4-10-5-8(7)14-3;/h6-8,10H,4-5H2,1-3H3,(H2,11,12,13);1H. The number of amides is 2. The molecule has 1 aliphatic heterocycles. The van der Waals surface area contributed by atoms with Crippen molar-refractivity contribution in [2.24, 2.45) is 0 Å². The maximum Gasteiger partial charge on any atom is 0.315 e. The summed E-state index contributed by atoms with van der Waals surface area (Å²) in [7, 11) is 1.66. The second kappa shape index (κ2) is 6.87. The molecule has 1 aliphatic rings. The van der Waals surface area contributed by atoms with Gasteiger partial charge in [0.2, 0.25) is 0 Å². The Balaban J connectivity index is 0.00000196. The maximum absolute atomic E-state index is 11.4. The number of halogens is 1. The minimum atomic E-state index is -0.129. The highest BCUT2D eigenvalue weighted by molar-refractivity contribution is 5.85. The van der Waals surface area contributed by atoms with Crippen LogP contribution in [0.2, 0.25) is 0 Å². The van der Waals surface area contributed by atoms with Crippen LogP contribution in [0.4, 0.5) is 4.79 Å². The monoisotopic (exact) mass is 237 g/mol. The minimum Gasteiger partial charge on any atom is -0.378 e. The molecule has 0 bridgehead atoms. The lowest BCUT2D eigenvalue weighted by molar-refractivity contribution is 0.0982. The van der Waals surface area contributed by atoms with E-state index in [1.165, 1.54) is 0 Å². The van der Waals surface area contributed by atoms with Crippen molar-refractivity contribution in [3.8, 4) is 0 Å². The number of methoxy groups -OCH3 is 1. The molecule has 2 amide bonds. The third kappa shape index (κ3) is 4.68. The molecule has 0 saturated carbocycles. The third-order valence-corrected chi connectivity index (χ3v) is 2.20. The zero-order chi connectivity index (χ0) is 10.6. The SMILES string of the molecule is COC1CNCC1NC(=O)NC(C)C.Cl. The van der Waals surface area contributed by atoms with Gasteiger partial charge in [-0.3, -0.25) is 0 Å². The van der Waals surface area contributed by atoms with Gasteiger partial charge in [0.15, 0.2) is 0 Å². The first-order valence-electron chi connectivity index (χ1n) is 4.94. The highest BCUT2D eigenvalue weighted by Crippen LogP contribution is 2.03. The molecule has 5 nitrogen and oxygen atoms in total. The summed E-state index contributed by atoms with van der Waals surface area (Å²) >= 11 is 0. The van der Waals surface area contributed by atoms with E-state index in [9.17, 15) is 4.79 Å². The van der Waals surface area contributed by atoms with Crippen LogP contribution in [-0.2, 0) is 4.74 Å². The molecule has 2 atom stereocenters. The quantitative estimate of drug-likeness (QED) is 0.653. The van der Waals surface area contributed by atoms with Crippen LogP contribution in [0.1, 0.15) is 13.8 Å². The van der Waals surface area contributed by atoms with E-state index in [1.807, 2.05) is 13.8 Å². The zero-order valence-electron chi connectivity index (χ0n) is 9.37. The summed E-state index contributed by atoms with van der Waals surface area (Å²) in [4.78, 5) is 11.4. The van der Waals surface area contributed by atoms with Crippen molar-refractivity contribution < 1.29 is 9.53 Å². The molecule has 3 N–H and O–H groups in total. The summed E-state index contributed by atoms with van der Waals surface area (Å²) in [5.74, 6) is 0. The zero-order valence-corrected chi connectivity index (χ0v) is 10.2. The van der Waals surface area contributed by atoms with E-state index in [2.05, 4.69) is 16.0 Å². The van der Waals surface area contributed by atoms with E-state index >= 15 is 0 Å². The molecular weight excluding hydrogens is 218 g/mol. The van der Waals surface area contributed by atoms with E-state index in [-0.39, 0.29) is 36.6 Å². The molecule has 0 spiro atoms. The van der Waals surface area contributed by atoms with Gasteiger partial charge in [-0.25, -0.2) is 4.79 Å². The number of carbonyl (C=O) groups excluding carboxylic acids is 1. The van der Waals surface area contributed by atoms with Gasteiger partial charge in [-0.1, -0.05) is 0 Å². The van der Waals surface area contributed by atoms with Crippen LogP contribution in [0.15, 0.2) is 0 Å². The Bertz CT molecular complexity index is 202. The fraction of sp³-hybridized carbons (Fsp3) is 0.889. The van der Waals surface area contributed by atoms with Crippen LogP contribution in [0, 0.1) is 0 Å². The molecule has 90 valence electrons. The second-order valence-corrected chi connectivity index (χ2v) is 3.81. The average Bonchev–Trinajstić information content (AvgIpc) is 2.50. The predicted molar refractivity (Wildman–Crippen MR) is 61.5 cm³/mol. The van der Waals surface area contributed by atoms with Crippen LogP contribution in [0.5, 0.6) is 0 Å². The fourth-order valence-electron chi connectivity index (χ4n) is 1.52. The fourth-order valence-corrected chi connectivity index (χ4v) is 1.52. The number of ether oxygens (including phenoxy) is 1. The van der Waals surface area contributed by atoms with E-state index in [0.717, 1.165) is 13.1 Å². The Hall–Kier alpha value is -0.520. The summed E-state index contributed by atoms with van der Waals surface area (Å²) in [6.07, 6.45) is 0.0768. The molecule has 1 fully saturated rings. The first-order valence-corrected chi connectivity index (χ1v) is 4.94. The maximum atomic E-state index is 11.4. The van der Waals surface area contributed by atoms with E-state index in [4.69, 9.17) is 4.74 Å². The number of carbonyl (C=O) groups is 1. The van der Waals surface area contributed by atoms with E-state index < -0.39 is 0 Å². The lowest BCUT2D eigenvalue weighted by Crippen LogP contribution is -2.49. The lowest BCUT2D eigenvalue weighted by Gasteiger charge is -2.19. The van der Waals surface area contributed by atoms with Gasteiger partial charge < -0.3 is 20.7 Å².